The molecule has 0 radical (unpaired) electrons. The Hall–Kier alpha value is -1.64. The lowest BCUT2D eigenvalue weighted by molar-refractivity contribution is 0.106. The Bertz CT molecular complexity index is 396. The van der Waals surface area contributed by atoms with Crippen molar-refractivity contribution in [2.24, 2.45) is 5.16 Å². The normalized spacial score (nSPS) is 23.6. The number of Topliss-reactive ketones (excluding diaryl/α,β-unsaturated/α-hetero) is 1. The molecule has 3 heteroatoms. The molecule has 13 heavy (non-hydrogen) atoms. The zero-order chi connectivity index (χ0) is 9.42. The Morgan fingerprint density at radius 3 is 2.69 bits per heavy atom. The van der Waals surface area contributed by atoms with Crippen LogP contribution in [0.1, 0.15) is 28.8 Å². The fourth-order valence-corrected chi connectivity index (χ4v) is 1.70. The molecule has 2 rings (SSSR count). The van der Waals surface area contributed by atoms with Crippen LogP contribution < -0.4 is 0 Å². The molecule has 1 N–H and O–H groups in total. The minimum absolute atomic E-state index is 0.0892. The van der Waals surface area contributed by atoms with Crippen LogP contribution in [0.5, 0.6) is 0 Å². The Balaban J connectivity index is 2.64. The number of nitrogens with zero attached hydrogens (tertiary/aromatic N) is 1. The van der Waals surface area contributed by atoms with Crippen LogP contribution in [0.4, 0.5) is 0 Å². The van der Waals surface area contributed by atoms with E-state index in [1.165, 1.54) is 0 Å². The molecule has 3 nitrogen and oxygen atoms in total. The highest BCUT2D eigenvalue weighted by Gasteiger charge is 2.33. The molecule has 0 amide bonds. The van der Waals surface area contributed by atoms with E-state index in [9.17, 15) is 4.79 Å². The zero-order valence-corrected chi connectivity index (χ0v) is 7.19. The van der Waals surface area contributed by atoms with Crippen molar-refractivity contribution >= 4 is 11.5 Å². The van der Waals surface area contributed by atoms with Gasteiger partial charge in [0.15, 0.2) is 0 Å². The van der Waals surface area contributed by atoms with Gasteiger partial charge < -0.3 is 5.21 Å². The molecule has 1 aromatic carbocycles. The topological polar surface area (TPSA) is 49.7 Å². The van der Waals surface area contributed by atoms with Crippen molar-refractivity contribution in [3.63, 3.8) is 0 Å². The Labute approximate surface area is 75.7 Å². The number of rotatable bonds is 0. The van der Waals surface area contributed by atoms with E-state index < -0.39 is 0 Å². The maximum absolute atomic E-state index is 11.5. The van der Waals surface area contributed by atoms with Gasteiger partial charge in [-0.15, -0.1) is 0 Å². The second-order valence-corrected chi connectivity index (χ2v) is 3.12. The first-order valence-electron chi connectivity index (χ1n) is 4.11. The molecular formula is C10H9NO2. The molecular weight excluding hydrogens is 166 g/mol. The molecule has 0 saturated heterocycles. The molecule has 0 aromatic heterocycles. The number of carbonyl (C=O) groups excluding carboxylic acids is 1. The third kappa shape index (κ3) is 0.967. The summed E-state index contributed by atoms with van der Waals surface area (Å²) in [5.74, 6) is -0.251. The average molecular weight is 175 g/mol. The highest BCUT2D eigenvalue weighted by Crippen LogP contribution is 2.30. The van der Waals surface area contributed by atoms with Crippen LogP contribution in [0.25, 0.3) is 0 Å². The first-order valence-corrected chi connectivity index (χ1v) is 4.11. The molecule has 1 aromatic rings. The summed E-state index contributed by atoms with van der Waals surface area (Å²) in [6.45, 7) is 1.86. The van der Waals surface area contributed by atoms with Gasteiger partial charge in [-0.2, -0.15) is 0 Å². The van der Waals surface area contributed by atoms with Crippen molar-refractivity contribution in [3.05, 3.63) is 35.4 Å². The fraction of sp³-hybridized carbons (Fsp3) is 0.200. The van der Waals surface area contributed by atoms with Gasteiger partial charge in [0, 0.05) is 11.5 Å². The van der Waals surface area contributed by atoms with Gasteiger partial charge in [-0.25, -0.2) is 0 Å². The predicted octanol–water partition coefficient (Wildman–Crippen LogP) is 1.82. The van der Waals surface area contributed by atoms with Gasteiger partial charge in [0.05, 0.1) is 0 Å². The smallest absolute Gasteiger partial charge is 0.211 e. The van der Waals surface area contributed by atoms with Gasteiger partial charge >= 0.3 is 0 Å². The summed E-state index contributed by atoms with van der Waals surface area (Å²) < 4.78 is 0. The molecule has 1 aliphatic carbocycles. The van der Waals surface area contributed by atoms with E-state index in [1.807, 2.05) is 25.1 Å². The Morgan fingerprint density at radius 2 is 2.08 bits per heavy atom. The summed E-state index contributed by atoms with van der Waals surface area (Å²) in [6, 6.07) is 7.33. The van der Waals surface area contributed by atoms with Crippen LogP contribution in [0, 0.1) is 0 Å². The van der Waals surface area contributed by atoms with Crippen LogP contribution in [-0.4, -0.2) is 16.7 Å². The van der Waals surface area contributed by atoms with Gasteiger partial charge in [-0.1, -0.05) is 36.3 Å². The summed E-state index contributed by atoms with van der Waals surface area (Å²) in [6.07, 6.45) is 0. The molecule has 0 aliphatic heterocycles. The number of benzene rings is 1. The van der Waals surface area contributed by atoms with Gasteiger partial charge in [0.2, 0.25) is 5.78 Å². The van der Waals surface area contributed by atoms with E-state index in [4.69, 9.17) is 5.21 Å². The van der Waals surface area contributed by atoms with Crippen LogP contribution in [0.15, 0.2) is 29.4 Å². The first-order chi connectivity index (χ1) is 6.25. The SMILES string of the molecule is CC1/C(=N\O)C(=O)c2ccccc21. The number of ketones is 1. The molecule has 0 spiro atoms. The van der Waals surface area contributed by atoms with Crippen molar-refractivity contribution < 1.29 is 10.0 Å². The number of fused-ring (bicyclic) bond motifs is 1. The quantitative estimate of drug-likeness (QED) is 0.483. The number of carbonyl (C=O) groups is 1. The molecule has 0 fully saturated rings. The van der Waals surface area contributed by atoms with Gasteiger partial charge in [0.1, 0.15) is 5.71 Å². The lowest BCUT2D eigenvalue weighted by Crippen LogP contribution is -2.10. The maximum Gasteiger partial charge on any atom is 0.211 e. The number of hydrogen-bond donors (Lipinski definition) is 1. The van der Waals surface area contributed by atoms with E-state index in [1.54, 1.807) is 6.07 Å². The summed E-state index contributed by atoms with van der Waals surface area (Å²) in [5.41, 5.74) is 1.84. The minimum atomic E-state index is -0.161. The summed E-state index contributed by atoms with van der Waals surface area (Å²) in [5, 5.41) is 11.7. The Morgan fingerprint density at radius 1 is 1.38 bits per heavy atom. The second kappa shape index (κ2) is 2.69. The number of hydrogen-bond acceptors (Lipinski definition) is 3. The third-order valence-corrected chi connectivity index (χ3v) is 2.42. The van der Waals surface area contributed by atoms with Crippen LogP contribution in [0.3, 0.4) is 0 Å². The maximum atomic E-state index is 11.5. The van der Waals surface area contributed by atoms with Crippen molar-refractivity contribution in [1.29, 1.82) is 0 Å². The van der Waals surface area contributed by atoms with Crippen molar-refractivity contribution in [2.45, 2.75) is 12.8 Å². The van der Waals surface area contributed by atoms with E-state index in [-0.39, 0.29) is 17.4 Å². The largest absolute Gasteiger partial charge is 0.411 e. The average Bonchev–Trinajstić information content (AvgIpc) is 2.41. The van der Waals surface area contributed by atoms with Crippen LogP contribution in [-0.2, 0) is 0 Å². The third-order valence-electron chi connectivity index (χ3n) is 2.42. The fourth-order valence-electron chi connectivity index (χ4n) is 1.70. The van der Waals surface area contributed by atoms with Crippen molar-refractivity contribution in [1.82, 2.24) is 0 Å². The summed E-state index contributed by atoms with van der Waals surface area (Å²) in [7, 11) is 0. The lowest BCUT2D eigenvalue weighted by atomic mass is 10.0. The molecule has 1 aliphatic rings. The molecule has 66 valence electrons. The van der Waals surface area contributed by atoms with E-state index in [0.717, 1.165) is 5.56 Å². The van der Waals surface area contributed by atoms with Gasteiger partial charge in [0.25, 0.3) is 0 Å². The molecule has 1 atom stereocenters. The first kappa shape index (κ1) is 7.98. The predicted molar refractivity (Wildman–Crippen MR) is 48.4 cm³/mol. The minimum Gasteiger partial charge on any atom is -0.411 e. The number of oxime groups is 1. The molecule has 0 bridgehead atoms. The molecule has 0 saturated carbocycles. The molecule has 0 heterocycles. The van der Waals surface area contributed by atoms with Crippen LogP contribution >= 0.6 is 0 Å². The standard InChI is InChI=1S/C10H9NO2/c1-6-7-4-2-3-5-8(7)10(12)9(6)11-13/h2-6,13H,1H3/b11-9+. The van der Waals surface area contributed by atoms with E-state index >= 15 is 0 Å². The lowest BCUT2D eigenvalue weighted by Gasteiger charge is -2.00. The Kier molecular flexibility index (Phi) is 1.65. The van der Waals surface area contributed by atoms with Gasteiger partial charge in [-0.05, 0) is 5.56 Å². The van der Waals surface area contributed by atoms with E-state index in [0.29, 0.717) is 5.56 Å². The van der Waals surface area contributed by atoms with Crippen LogP contribution in [0.2, 0.25) is 0 Å². The highest BCUT2D eigenvalue weighted by molar-refractivity contribution is 6.50. The van der Waals surface area contributed by atoms with Crippen molar-refractivity contribution in [2.75, 3.05) is 0 Å². The highest BCUT2D eigenvalue weighted by atomic mass is 16.4. The summed E-state index contributed by atoms with van der Waals surface area (Å²) >= 11 is 0. The molecule has 1 unspecified atom stereocenters. The summed E-state index contributed by atoms with van der Waals surface area (Å²) in [4.78, 5) is 11.5. The monoisotopic (exact) mass is 175 g/mol. The second-order valence-electron chi connectivity index (χ2n) is 3.12. The van der Waals surface area contributed by atoms with Gasteiger partial charge in [-0.3, -0.25) is 4.79 Å². The van der Waals surface area contributed by atoms with E-state index in [2.05, 4.69) is 5.16 Å². The zero-order valence-electron chi connectivity index (χ0n) is 7.19. The van der Waals surface area contributed by atoms with Crippen molar-refractivity contribution in [3.8, 4) is 0 Å².